The Morgan fingerprint density at radius 1 is 1.37 bits per heavy atom. The number of imidazole rings is 1. The van der Waals surface area contributed by atoms with E-state index in [-0.39, 0.29) is 0 Å². The number of hydrogen-bond acceptors (Lipinski definition) is 2. The number of rotatable bonds is 5. The maximum absolute atomic E-state index is 4.46. The molecule has 3 heteroatoms. The Hall–Kier alpha value is -1.77. The van der Waals surface area contributed by atoms with Crippen LogP contribution < -0.4 is 5.32 Å². The third-order valence-electron chi connectivity index (χ3n) is 3.92. The number of nitrogens with one attached hydrogen (secondary N) is 1. The molecule has 1 unspecified atom stereocenters. The van der Waals surface area contributed by atoms with Crippen LogP contribution in [-0.2, 0) is 6.42 Å². The molecule has 1 N–H and O–H groups in total. The Kier molecular flexibility index (Phi) is 3.53. The van der Waals surface area contributed by atoms with E-state index in [9.17, 15) is 0 Å². The molecular weight excluding hydrogens is 234 g/mol. The number of aromatic nitrogens is 2. The maximum atomic E-state index is 4.46. The highest BCUT2D eigenvalue weighted by atomic mass is 15.2. The van der Waals surface area contributed by atoms with Crippen LogP contribution in [0.5, 0.6) is 0 Å². The number of unbranched alkanes of at least 4 members (excludes halogenated alkanes) is 1. The van der Waals surface area contributed by atoms with Gasteiger partial charge in [-0.3, -0.25) is 0 Å². The van der Waals surface area contributed by atoms with Gasteiger partial charge in [-0.25, -0.2) is 4.98 Å². The summed E-state index contributed by atoms with van der Waals surface area (Å²) in [7, 11) is 0. The molecule has 1 aromatic heterocycles. The molecule has 1 aliphatic rings. The zero-order valence-corrected chi connectivity index (χ0v) is 11.5. The average Bonchev–Trinajstić information content (AvgIpc) is 3.04. The second-order valence-corrected chi connectivity index (χ2v) is 5.19. The van der Waals surface area contributed by atoms with Crippen molar-refractivity contribution in [3.8, 4) is 0 Å². The van der Waals surface area contributed by atoms with Gasteiger partial charge >= 0.3 is 0 Å². The van der Waals surface area contributed by atoms with Crippen LogP contribution in [-0.4, -0.2) is 16.1 Å². The van der Waals surface area contributed by atoms with Gasteiger partial charge in [0.2, 0.25) is 5.95 Å². The highest BCUT2D eigenvalue weighted by Gasteiger charge is 2.24. The summed E-state index contributed by atoms with van der Waals surface area (Å²) < 4.78 is 2.29. The summed E-state index contributed by atoms with van der Waals surface area (Å²) in [6.45, 7) is 3.21. The number of anilines is 1. The van der Waals surface area contributed by atoms with Crippen molar-refractivity contribution < 1.29 is 0 Å². The summed E-state index contributed by atoms with van der Waals surface area (Å²) in [5.41, 5.74) is 2.94. The quantitative estimate of drug-likeness (QED) is 0.827. The lowest BCUT2D eigenvalue weighted by Gasteiger charge is -2.17. The molecule has 0 bridgehead atoms. The fourth-order valence-electron chi connectivity index (χ4n) is 2.90. The van der Waals surface area contributed by atoms with E-state index in [1.54, 1.807) is 0 Å². The minimum Gasteiger partial charge on any atom is -0.356 e. The summed E-state index contributed by atoms with van der Waals surface area (Å²) >= 11 is 0. The van der Waals surface area contributed by atoms with Crippen LogP contribution in [0, 0.1) is 0 Å². The Morgan fingerprint density at radius 2 is 2.26 bits per heavy atom. The Bertz CT molecular complexity index is 544. The summed E-state index contributed by atoms with van der Waals surface area (Å²) in [5, 5.41) is 3.45. The molecule has 100 valence electrons. The SMILES string of the molecule is CCCCNc1nccn1C1CCc2ccccc21. The predicted octanol–water partition coefficient (Wildman–Crippen LogP) is 3.63. The van der Waals surface area contributed by atoms with Crippen LogP contribution in [0.1, 0.15) is 43.4 Å². The minimum absolute atomic E-state index is 0.447. The molecule has 1 aromatic carbocycles. The molecule has 0 spiro atoms. The van der Waals surface area contributed by atoms with Crippen molar-refractivity contribution in [2.45, 2.75) is 38.6 Å². The molecule has 0 amide bonds. The molecule has 3 nitrogen and oxygen atoms in total. The normalized spacial score (nSPS) is 17.4. The van der Waals surface area contributed by atoms with Gasteiger partial charge in [0.15, 0.2) is 0 Å². The van der Waals surface area contributed by atoms with Crippen molar-refractivity contribution in [3.05, 3.63) is 47.8 Å². The number of hydrogen-bond donors (Lipinski definition) is 1. The first-order valence-corrected chi connectivity index (χ1v) is 7.24. The largest absolute Gasteiger partial charge is 0.356 e. The highest BCUT2D eigenvalue weighted by Crippen LogP contribution is 2.35. The fourth-order valence-corrected chi connectivity index (χ4v) is 2.90. The van der Waals surface area contributed by atoms with Crippen LogP contribution in [0.2, 0.25) is 0 Å². The molecule has 1 heterocycles. The molecular formula is C16H21N3. The second-order valence-electron chi connectivity index (χ2n) is 5.19. The minimum atomic E-state index is 0.447. The zero-order chi connectivity index (χ0) is 13.1. The Balaban J connectivity index is 1.82. The molecule has 19 heavy (non-hydrogen) atoms. The van der Waals surface area contributed by atoms with Crippen LogP contribution >= 0.6 is 0 Å². The van der Waals surface area contributed by atoms with E-state index in [1.165, 1.54) is 36.8 Å². The smallest absolute Gasteiger partial charge is 0.203 e. The van der Waals surface area contributed by atoms with E-state index in [2.05, 4.69) is 52.3 Å². The molecule has 1 aliphatic carbocycles. The Morgan fingerprint density at radius 3 is 3.16 bits per heavy atom. The lowest BCUT2D eigenvalue weighted by atomic mass is 10.1. The second kappa shape index (κ2) is 5.47. The lowest BCUT2D eigenvalue weighted by molar-refractivity contribution is 0.583. The summed E-state index contributed by atoms with van der Waals surface area (Å²) in [6.07, 6.45) is 8.75. The van der Waals surface area contributed by atoms with Gasteiger partial charge in [-0.2, -0.15) is 0 Å². The molecule has 1 atom stereocenters. The third-order valence-corrected chi connectivity index (χ3v) is 3.92. The van der Waals surface area contributed by atoms with E-state index in [0.717, 1.165) is 12.5 Å². The van der Waals surface area contributed by atoms with Gasteiger partial charge < -0.3 is 9.88 Å². The van der Waals surface area contributed by atoms with Crippen molar-refractivity contribution in [1.82, 2.24) is 9.55 Å². The standard InChI is InChI=1S/C16H21N3/c1-2-3-10-17-16-18-11-12-19(16)15-9-8-13-6-4-5-7-14(13)15/h4-7,11-12,15H,2-3,8-10H2,1H3,(H,17,18). The van der Waals surface area contributed by atoms with E-state index in [1.807, 2.05) is 6.20 Å². The first-order valence-electron chi connectivity index (χ1n) is 7.24. The summed E-state index contributed by atoms with van der Waals surface area (Å²) in [5.74, 6) is 1.01. The predicted molar refractivity (Wildman–Crippen MR) is 78.5 cm³/mol. The zero-order valence-electron chi connectivity index (χ0n) is 11.5. The number of benzene rings is 1. The molecule has 0 radical (unpaired) electrons. The van der Waals surface area contributed by atoms with Crippen molar-refractivity contribution in [2.75, 3.05) is 11.9 Å². The van der Waals surface area contributed by atoms with Crippen molar-refractivity contribution in [2.24, 2.45) is 0 Å². The molecule has 0 saturated carbocycles. The molecule has 3 rings (SSSR count). The van der Waals surface area contributed by atoms with Gasteiger partial charge in [0.25, 0.3) is 0 Å². The highest BCUT2D eigenvalue weighted by molar-refractivity contribution is 5.38. The van der Waals surface area contributed by atoms with E-state index in [0.29, 0.717) is 6.04 Å². The molecule has 0 saturated heterocycles. The maximum Gasteiger partial charge on any atom is 0.203 e. The first-order chi connectivity index (χ1) is 9.40. The van der Waals surface area contributed by atoms with Crippen molar-refractivity contribution in [1.29, 1.82) is 0 Å². The number of fused-ring (bicyclic) bond motifs is 1. The van der Waals surface area contributed by atoms with Gasteiger partial charge in [0.1, 0.15) is 0 Å². The first kappa shape index (κ1) is 12.3. The molecule has 0 fully saturated rings. The fraction of sp³-hybridized carbons (Fsp3) is 0.438. The monoisotopic (exact) mass is 255 g/mol. The summed E-state index contributed by atoms with van der Waals surface area (Å²) in [6, 6.07) is 9.22. The van der Waals surface area contributed by atoms with E-state index in [4.69, 9.17) is 0 Å². The van der Waals surface area contributed by atoms with Crippen LogP contribution in [0.25, 0.3) is 0 Å². The van der Waals surface area contributed by atoms with Gasteiger partial charge in [-0.15, -0.1) is 0 Å². The van der Waals surface area contributed by atoms with E-state index < -0.39 is 0 Å². The van der Waals surface area contributed by atoms with Gasteiger partial charge in [0, 0.05) is 18.9 Å². The molecule has 0 aliphatic heterocycles. The van der Waals surface area contributed by atoms with E-state index >= 15 is 0 Å². The van der Waals surface area contributed by atoms with Gasteiger partial charge in [-0.1, -0.05) is 37.6 Å². The van der Waals surface area contributed by atoms with Crippen molar-refractivity contribution >= 4 is 5.95 Å². The Labute approximate surface area is 114 Å². The van der Waals surface area contributed by atoms with Gasteiger partial charge in [-0.05, 0) is 30.4 Å². The number of nitrogens with zero attached hydrogens (tertiary/aromatic N) is 2. The van der Waals surface area contributed by atoms with Crippen molar-refractivity contribution in [3.63, 3.8) is 0 Å². The van der Waals surface area contributed by atoms with Crippen LogP contribution in [0.4, 0.5) is 5.95 Å². The topological polar surface area (TPSA) is 29.9 Å². The van der Waals surface area contributed by atoms with Crippen LogP contribution in [0.15, 0.2) is 36.7 Å². The van der Waals surface area contributed by atoms with Gasteiger partial charge in [0.05, 0.1) is 6.04 Å². The number of aryl methyl sites for hydroxylation is 1. The van der Waals surface area contributed by atoms with Crippen LogP contribution in [0.3, 0.4) is 0 Å². The average molecular weight is 255 g/mol. The lowest BCUT2D eigenvalue weighted by Crippen LogP contribution is -2.12. The third kappa shape index (κ3) is 2.37. The summed E-state index contributed by atoms with van der Waals surface area (Å²) in [4.78, 5) is 4.46. The molecule has 2 aromatic rings.